The van der Waals surface area contributed by atoms with E-state index in [-0.39, 0.29) is 26.4 Å². The molecule has 12 nitrogen and oxygen atoms in total. The van der Waals surface area contributed by atoms with E-state index >= 15 is 0 Å². The van der Waals surface area contributed by atoms with E-state index in [2.05, 4.69) is 72.8 Å². The minimum absolute atomic E-state index is 0.255. The summed E-state index contributed by atoms with van der Waals surface area (Å²) in [4.78, 5) is 0. The number of benzene rings is 6. The molecule has 67 heavy (non-hydrogen) atoms. The summed E-state index contributed by atoms with van der Waals surface area (Å²) in [5.41, 5.74) is 13.1. The van der Waals surface area contributed by atoms with Crippen molar-refractivity contribution in [1.29, 1.82) is 0 Å². The first kappa shape index (κ1) is 43.8. The Bertz CT molecular complexity index is 2630. The lowest BCUT2D eigenvalue weighted by atomic mass is 9.94. The molecule has 0 unspecified atom stereocenters. The van der Waals surface area contributed by atoms with Crippen molar-refractivity contribution in [2.45, 2.75) is 44.9 Å². The summed E-state index contributed by atoms with van der Waals surface area (Å²) in [6.45, 7) is 1.82. The molecule has 2 aliphatic carbocycles. The van der Waals surface area contributed by atoms with Gasteiger partial charge in [0.1, 0.15) is 26.4 Å². The average molecular weight is 909 g/mol. The Kier molecular flexibility index (Phi) is 12.4. The molecule has 348 valence electrons. The smallest absolute Gasteiger partial charge is 0.161 e. The standard InChI is InChI=1S/C55H56O12/c1-56-44-20-32-16-40-28-52-48(60-5)24-36(40)18-42-30-54-46(58-3)22-34(42)14-38(32)26-50(44)62-8-7-9-63-51-27-39-15-35-23-47(59-4)55(67-13-12-66-54)31-43(35)19-37-25-49(61-6)53(65-11-10-64-52)29-41(37)17-33(39)21-45(51)57-2/h20-31H,7-19H2,1-6H3. The summed E-state index contributed by atoms with van der Waals surface area (Å²) < 4.78 is 75.4. The first-order chi connectivity index (χ1) is 32.8. The van der Waals surface area contributed by atoms with Crippen LogP contribution in [0.2, 0.25) is 0 Å². The quantitative estimate of drug-likeness (QED) is 0.159. The van der Waals surface area contributed by atoms with Crippen LogP contribution < -0.4 is 56.8 Å². The van der Waals surface area contributed by atoms with Gasteiger partial charge in [-0.05, 0) is 178 Å². The zero-order chi connectivity index (χ0) is 46.0. The first-order valence-corrected chi connectivity index (χ1v) is 22.8. The van der Waals surface area contributed by atoms with Gasteiger partial charge in [0.25, 0.3) is 0 Å². The third kappa shape index (κ3) is 8.84. The Balaban J connectivity index is 1.19. The molecule has 0 N–H and O–H groups in total. The van der Waals surface area contributed by atoms with Crippen LogP contribution in [-0.4, -0.2) is 82.3 Å². The molecule has 6 aromatic rings. The molecule has 0 amide bonds. The second kappa shape index (κ2) is 19.0. The summed E-state index contributed by atoms with van der Waals surface area (Å²) in [7, 11) is 10.0. The fraction of sp³-hybridized carbons (Fsp3) is 0.345. The SMILES string of the molecule is COc1cc2c3cc1OCCCOc1cc4c(cc1OC)Cc1cc5c(OC)cc1Cc1cc(c(OC)cc1C4)OCCOc1cc(c(cc1OC)C3)Cc1cc(OC)c(cc1C2)OCCO5. The van der Waals surface area contributed by atoms with Gasteiger partial charge in [-0.2, -0.15) is 0 Å². The fourth-order valence-electron chi connectivity index (χ4n) is 9.73. The van der Waals surface area contributed by atoms with Crippen molar-refractivity contribution in [2.75, 3.05) is 82.3 Å². The molecule has 10 aliphatic heterocycles. The van der Waals surface area contributed by atoms with Crippen molar-refractivity contribution in [3.8, 4) is 69.0 Å². The van der Waals surface area contributed by atoms with Crippen molar-refractivity contribution in [3.63, 3.8) is 0 Å². The zero-order valence-electron chi connectivity index (χ0n) is 39.0. The average Bonchev–Trinajstić information content (AvgIpc) is 3.43. The third-order valence-corrected chi connectivity index (χ3v) is 13.2. The highest BCUT2D eigenvalue weighted by Crippen LogP contribution is 2.44. The van der Waals surface area contributed by atoms with E-state index in [1.807, 2.05) is 0 Å². The Labute approximate surface area is 391 Å². The van der Waals surface area contributed by atoms with Gasteiger partial charge in [0.05, 0.1) is 55.9 Å². The molecule has 10 heterocycles. The molecule has 18 rings (SSSR count). The van der Waals surface area contributed by atoms with Crippen molar-refractivity contribution in [2.24, 2.45) is 0 Å². The summed E-state index contributed by atoms with van der Waals surface area (Å²) in [5, 5.41) is 0. The fourth-order valence-corrected chi connectivity index (χ4v) is 9.73. The predicted molar refractivity (Wildman–Crippen MR) is 252 cm³/mol. The zero-order valence-corrected chi connectivity index (χ0v) is 39.0. The maximum absolute atomic E-state index is 6.55. The molecule has 0 radical (unpaired) electrons. The first-order valence-electron chi connectivity index (χ1n) is 22.8. The molecule has 0 fully saturated rings. The lowest BCUT2D eigenvalue weighted by Crippen LogP contribution is -2.12. The van der Waals surface area contributed by atoms with E-state index < -0.39 is 0 Å². The largest absolute Gasteiger partial charge is 0.493 e. The van der Waals surface area contributed by atoms with Crippen LogP contribution in [0.1, 0.15) is 73.2 Å². The summed E-state index contributed by atoms with van der Waals surface area (Å²) in [6.07, 6.45) is 4.27. The van der Waals surface area contributed by atoms with Gasteiger partial charge < -0.3 is 56.8 Å². The van der Waals surface area contributed by atoms with Crippen LogP contribution in [-0.2, 0) is 38.5 Å². The molecule has 12 heteroatoms. The van der Waals surface area contributed by atoms with Crippen LogP contribution in [0.25, 0.3) is 0 Å². The van der Waals surface area contributed by atoms with Crippen molar-refractivity contribution >= 4 is 0 Å². The Hall–Kier alpha value is -7.08. The Morgan fingerprint density at radius 3 is 0.582 bits per heavy atom. The molecule has 18 bridgehead atoms. The van der Waals surface area contributed by atoms with Crippen LogP contribution >= 0.6 is 0 Å². The highest BCUT2D eigenvalue weighted by molar-refractivity contribution is 5.60. The second-order valence-corrected chi connectivity index (χ2v) is 17.1. The van der Waals surface area contributed by atoms with Crippen LogP contribution in [0.15, 0.2) is 72.8 Å². The van der Waals surface area contributed by atoms with Gasteiger partial charge in [-0.3, -0.25) is 0 Å². The number of methoxy groups -OCH3 is 6. The van der Waals surface area contributed by atoms with Gasteiger partial charge in [0.15, 0.2) is 69.0 Å². The number of ether oxygens (including phenoxy) is 12. The molecule has 0 aromatic heterocycles. The lowest BCUT2D eigenvalue weighted by molar-refractivity contribution is 0.205. The minimum atomic E-state index is 0.255. The topological polar surface area (TPSA) is 111 Å². The van der Waals surface area contributed by atoms with Crippen LogP contribution in [0.4, 0.5) is 0 Å². The minimum Gasteiger partial charge on any atom is -0.493 e. The van der Waals surface area contributed by atoms with Crippen LogP contribution in [0.5, 0.6) is 69.0 Å². The summed E-state index contributed by atoms with van der Waals surface area (Å²) in [5.74, 6) is 7.65. The van der Waals surface area contributed by atoms with Crippen molar-refractivity contribution in [3.05, 3.63) is 140 Å². The number of rotatable bonds is 6. The third-order valence-electron chi connectivity index (χ3n) is 13.2. The highest BCUT2D eigenvalue weighted by Gasteiger charge is 2.26. The van der Waals surface area contributed by atoms with E-state index in [1.165, 1.54) is 0 Å². The molecule has 0 spiro atoms. The van der Waals surface area contributed by atoms with Gasteiger partial charge in [0, 0.05) is 6.42 Å². The number of hydrogen-bond donors (Lipinski definition) is 0. The molecule has 6 aromatic carbocycles. The molecular weight excluding hydrogens is 853 g/mol. The number of hydrogen-bond acceptors (Lipinski definition) is 12. The van der Waals surface area contributed by atoms with Gasteiger partial charge in [0.2, 0.25) is 0 Å². The van der Waals surface area contributed by atoms with E-state index in [4.69, 9.17) is 56.8 Å². The molecule has 12 aliphatic rings. The van der Waals surface area contributed by atoms with Crippen molar-refractivity contribution in [1.82, 2.24) is 0 Å². The van der Waals surface area contributed by atoms with Gasteiger partial charge in [-0.1, -0.05) is 0 Å². The maximum atomic E-state index is 6.55. The normalized spacial score (nSPS) is 15.0. The summed E-state index contributed by atoms with van der Waals surface area (Å²) >= 11 is 0. The van der Waals surface area contributed by atoms with Gasteiger partial charge in [-0.15, -0.1) is 0 Å². The maximum Gasteiger partial charge on any atom is 0.161 e. The Morgan fingerprint density at radius 2 is 0.403 bits per heavy atom. The van der Waals surface area contributed by atoms with Crippen LogP contribution in [0.3, 0.4) is 0 Å². The number of fused-ring (bicyclic) bond motifs is 3. The molecule has 0 saturated carbocycles. The second-order valence-electron chi connectivity index (χ2n) is 17.1. The van der Waals surface area contributed by atoms with Gasteiger partial charge >= 0.3 is 0 Å². The predicted octanol–water partition coefficient (Wildman–Crippen LogP) is 9.30. The monoisotopic (exact) mass is 908 g/mol. The van der Waals surface area contributed by atoms with Gasteiger partial charge in [-0.25, -0.2) is 0 Å². The van der Waals surface area contributed by atoms with Crippen molar-refractivity contribution < 1.29 is 56.8 Å². The van der Waals surface area contributed by atoms with E-state index in [0.29, 0.717) is 127 Å². The Morgan fingerprint density at radius 1 is 0.239 bits per heavy atom. The highest BCUT2D eigenvalue weighted by atomic mass is 16.6. The van der Waals surface area contributed by atoms with E-state index in [1.54, 1.807) is 42.7 Å². The van der Waals surface area contributed by atoms with Crippen LogP contribution in [0, 0.1) is 0 Å². The molecule has 0 atom stereocenters. The molecular formula is C55H56O12. The van der Waals surface area contributed by atoms with E-state index in [0.717, 1.165) is 66.8 Å². The van der Waals surface area contributed by atoms with E-state index in [9.17, 15) is 0 Å². The lowest BCUT2D eigenvalue weighted by Gasteiger charge is -2.20. The molecule has 0 saturated heterocycles. The summed E-state index contributed by atoms with van der Waals surface area (Å²) in [6, 6.07) is 25.2.